The first-order chi connectivity index (χ1) is 8.36. The van der Waals surface area contributed by atoms with Crippen LogP contribution >= 0.6 is 11.8 Å². The van der Waals surface area contributed by atoms with Crippen molar-refractivity contribution in [2.24, 2.45) is 0 Å². The summed E-state index contributed by atoms with van der Waals surface area (Å²) in [7, 11) is 0. The predicted octanol–water partition coefficient (Wildman–Crippen LogP) is 2.83. The van der Waals surface area contributed by atoms with E-state index in [0.717, 1.165) is 11.5 Å². The Hall–Kier alpha value is -1.68. The van der Waals surface area contributed by atoms with Gasteiger partial charge in [0.05, 0.1) is 12.3 Å². The van der Waals surface area contributed by atoms with Gasteiger partial charge >= 0.3 is 0 Å². The third-order valence-corrected chi connectivity index (χ3v) is 3.15. The highest BCUT2D eigenvalue weighted by Crippen LogP contribution is 2.21. The molecule has 0 amide bonds. The van der Waals surface area contributed by atoms with Crippen molar-refractivity contribution < 1.29 is 4.74 Å². The van der Waals surface area contributed by atoms with Gasteiger partial charge in [-0.15, -0.1) is 11.8 Å². The molecule has 0 spiro atoms. The van der Waals surface area contributed by atoms with E-state index in [2.05, 4.69) is 4.98 Å². The number of hydrogen-bond donors (Lipinski definition) is 1. The summed E-state index contributed by atoms with van der Waals surface area (Å²) in [6, 6.07) is 11.5. The number of thioether (sulfide) groups is 1. The van der Waals surface area contributed by atoms with E-state index in [0.29, 0.717) is 12.3 Å². The molecule has 0 aliphatic heterocycles. The smallest absolute Gasteiger partial charge is 0.142 e. The molecule has 0 aliphatic carbocycles. The first kappa shape index (κ1) is 11.8. The Kier molecular flexibility index (Phi) is 4.27. The van der Waals surface area contributed by atoms with Gasteiger partial charge in [0.1, 0.15) is 5.75 Å². The van der Waals surface area contributed by atoms with Crippen LogP contribution in [0.3, 0.4) is 0 Å². The maximum atomic E-state index is 5.77. The number of hydrogen-bond acceptors (Lipinski definition) is 4. The molecule has 2 rings (SSSR count). The van der Waals surface area contributed by atoms with Gasteiger partial charge in [0.25, 0.3) is 0 Å². The second-order valence-corrected chi connectivity index (χ2v) is 4.59. The van der Waals surface area contributed by atoms with Crippen molar-refractivity contribution in [1.82, 2.24) is 4.98 Å². The fourth-order valence-electron chi connectivity index (χ4n) is 1.36. The number of aromatic nitrogens is 1. The number of pyridine rings is 1. The molecule has 17 heavy (non-hydrogen) atoms. The Morgan fingerprint density at radius 1 is 1.12 bits per heavy atom. The van der Waals surface area contributed by atoms with Crippen molar-refractivity contribution in [2.45, 2.75) is 4.90 Å². The third kappa shape index (κ3) is 3.67. The van der Waals surface area contributed by atoms with E-state index in [1.54, 1.807) is 24.2 Å². The zero-order valence-electron chi connectivity index (χ0n) is 9.37. The van der Waals surface area contributed by atoms with Crippen LogP contribution in [-0.4, -0.2) is 17.3 Å². The van der Waals surface area contributed by atoms with E-state index in [9.17, 15) is 0 Å². The van der Waals surface area contributed by atoms with Crippen molar-refractivity contribution in [1.29, 1.82) is 0 Å². The van der Waals surface area contributed by atoms with Gasteiger partial charge in [0.15, 0.2) is 0 Å². The molecule has 2 aromatic rings. The summed E-state index contributed by atoms with van der Waals surface area (Å²) in [4.78, 5) is 5.17. The molecule has 1 aromatic heterocycles. The van der Waals surface area contributed by atoms with E-state index in [1.165, 1.54) is 4.90 Å². The van der Waals surface area contributed by atoms with Gasteiger partial charge in [-0.05, 0) is 24.3 Å². The van der Waals surface area contributed by atoms with Gasteiger partial charge in [0, 0.05) is 23.0 Å². The Morgan fingerprint density at radius 2 is 1.88 bits per heavy atom. The Labute approximate surface area is 105 Å². The van der Waals surface area contributed by atoms with Gasteiger partial charge in [-0.1, -0.05) is 12.1 Å². The highest BCUT2D eigenvalue weighted by molar-refractivity contribution is 7.99. The number of para-hydroxylation sites is 2. The van der Waals surface area contributed by atoms with Crippen LogP contribution in [0.15, 0.2) is 53.7 Å². The van der Waals surface area contributed by atoms with Crippen LogP contribution < -0.4 is 10.5 Å². The summed E-state index contributed by atoms with van der Waals surface area (Å²) in [5.41, 5.74) is 6.46. The molecule has 0 saturated carbocycles. The number of rotatable bonds is 5. The lowest BCUT2D eigenvalue weighted by Crippen LogP contribution is -2.02. The molecule has 0 radical (unpaired) electrons. The molecule has 2 N–H and O–H groups in total. The number of benzene rings is 1. The SMILES string of the molecule is Nc1ccccc1OCCSc1ccncc1. The normalized spacial score (nSPS) is 10.1. The molecule has 0 fully saturated rings. The minimum absolute atomic E-state index is 0.640. The first-order valence-corrected chi connectivity index (χ1v) is 6.35. The molecule has 1 heterocycles. The maximum absolute atomic E-state index is 5.77. The average molecular weight is 246 g/mol. The zero-order valence-corrected chi connectivity index (χ0v) is 10.2. The average Bonchev–Trinajstić information content (AvgIpc) is 2.38. The van der Waals surface area contributed by atoms with Crippen molar-refractivity contribution in [3.05, 3.63) is 48.8 Å². The molecule has 88 valence electrons. The van der Waals surface area contributed by atoms with Crippen LogP contribution in [0.2, 0.25) is 0 Å². The van der Waals surface area contributed by atoms with Crippen molar-refractivity contribution in [3.8, 4) is 5.75 Å². The molecule has 3 nitrogen and oxygen atoms in total. The van der Waals surface area contributed by atoms with Crippen molar-refractivity contribution >= 4 is 17.4 Å². The number of nitrogens with two attached hydrogens (primary N) is 1. The lowest BCUT2D eigenvalue weighted by Gasteiger charge is -2.08. The lowest BCUT2D eigenvalue weighted by atomic mass is 10.3. The van der Waals surface area contributed by atoms with E-state index in [-0.39, 0.29) is 0 Å². The van der Waals surface area contributed by atoms with Crippen LogP contribution in [-0.2, 0) is 0 Å². The van der Waals surface area contributed by atoms with Crippen molar-refractivity contribution in [3.63, 3.8) is 0 Å². The monoisotopic (exact) mass is 246 g/mol. The van der Waals surface area contributed by atoms with Gasteiger partial charge in [0.2, 0.25) is 0 Å². The number of ether oxygens (including phenoxy) is 1. The summed E-state index contributed by atoms with van der Waals surface area (Å²) in [5, 5.41) is 0. The highest BCUT2D eigenvalue weighted by atomic mass is 32.2. The fourth-order valence-corrected chi connectivity index (χ4v) is 2.07. The molecule has 0 aliphatic rings. The van der Waals surface area contributed by atoms with Crippen LogP contribution in [0.5, 0.6) is 5.75 Å². The number of anilines is 1. The molecule has 0 atom stereocenters. The summed E-state index contributed by atoms with van der Waals surface area (Å²) < 4.78 is 5.60. The predicted molar refractivity (Wildman–Crippen MR) is 71.3 cm³/mol. The summed E-state index contributed by atoms with van der Waals surface area (Å²) in [6.07, 6.45) is 3.58. The topological polar surface area (TPSA) is 48.1 Å². The van der Waals surface area contributed by atoms with E-state index >= 15 is 0 Å². The minimum Gasteiger partial charge on any atom is -0.491 e. The first-order valence-electron chi connectivity index (χ1n) is 5.36. The van der Waals surface area contributed by atoms with E-state index < -0.39 is 0 Å². The van der Waals surface area contributed by atoms with E-state index in [4.69, 9.17) is 10.5 Å². The largest absolute Gasteiger partial charge is 0.491 e. The number of nitrogens with zero attached hydrogens (tertiary/aromatic N) is 1. The van der Waals surface area contributed by atoms with Crippen molar-refractivity contribution in [2.75, 3.05) is 18.1 Å². The minimum atomic E-state index is 0.640. The molecule has 0 bridgehead atoms. The fraction of sp³-hybridized carbons (Fsp3) is 0.154. The van der Waals surface area contributed by atoms with Gasteiger partial charge in [-0.2, -0.15) is 0 Å². The quantitative estimate of drug-likeness (QED) is 0.500. The molecule has 1 aromatic carbocycles. The van der Waals surface area contributed by atoms with Crippen LogP contribution in [0.25, 0.3) is 0 Å². The Bertz CT molecular complexity index is 462. The zero-order chi connectivity index (χ0) is 11.9. The molecular formula is C13H14N2OS. The standard InChI is InChI=1S/C13H14N2OS/c14-12-3-1-2-4-13(12)16-9-10-17-11-5-7-15-8-6-11/h1-8H,9-10,14H2. The molecule has 4 heteroatoms. The third-order valence-electron chi connectivity index (χ3n) is 2.18. The van der Waals surface area contributed by atoms with Gasteiger partial charge in [-0.3, -0.25) is 4.98 Å². The lowest BCUT2D eigenvalue weighted by molar-refractivity contribution is 0.346. The second-order valence-electron chi connectivity index (χ2n) is 3.42. The highest BCUT2D eigenvalue weighted by Gasteiger charge is 1.98. The summed E-state index contributed by atoms with van der Waals surface area (Å²) in [5.74, 6) is 1.64. The molecule has 0 saturated heterocycles. The Balaban J connectivity index is 1.76. The summed E-state index contributed by atoms with van der Waals surface area (Å²) >= 11 is 1.74. The van der Waals surface area contributed by atoms with Gasteiger partial charge < -0.3 is 10.5 Å². The van der Waals surface area contributed by atoms with Gasteiger partial charge in [-0.25, -0.2) is 0 Å². The van der Waals surface area contributed by atoms with Crippen LogP contribution in [0, 0.1) is 0 Å². The molecule has 0 unspecified atom stereocenters. The molecular weight excluding hydrogens is 232 g/mol. The maximum Gasteiger partial charge on any atom is 0.142 e. The van der Waals surface area contributed by atoms with E-state index in [1.807, 2.05) is 36.4 Å². The number of nitrogen functional groups attached to an aromatic ring is 1. The van der Waals surface area contributed by atoms with Crippen LogP contribution in [0.1, 0.15) is 0 Å². The Morgan fingerprint density at radius 3 is 2.65 bits per heavy atom. The second kappa shape index (κ2) is 6.15. The summed E-state index contributed by atoms with van der Waals surface area (Å²) in [6.45, 7) is 0.640. The van der Waals surface area contributed by atoms with Crippen LogP contribution in [0.4, 0.5) is 5.69 Å².